The Morgan fingerprint density at radius 1 is 1.53 bits per heavy atom. The molecule has 19 heavy (non-hydrogen) atoms. The van der Waals surface area contributed by atoms with Crippen LogP contribution in [0.25, 0.3) is 0 Å². The van der Waals surface area contributed by atoms with Gasteiger partial charge >= 0.3 is 0 Å². The monoisotopic (exact) mass is 318 g/mol. The van der Waals surface area contributed by atoms with Gasteiger partial charge in [0.05, 0.1) is 16.7 Å². The van der Waals surface area contributed by atoms with Gasteiger partial charge in [0.15, 0.2) is 0 Å². The number of nitrogens with one attached hydrogen (secondary N) is 1. The summed E-state index contributed by atoms with van der Waals surface area (Å²) in [6.45, 7) is 1.80. The summed E-state index contributed by atoms with van der Waals surface area (Å²) in [5.74, 6) is 0.871. The third-order valence-electron chi connectivity index (χ3n) is 2.46. The number of nitriles is 1. The first kappa shape index (κ1) is 16.3. The number of halogens is 1. The Morgan fingerprint density at radius 3 is 2.79 bits per heavy atom. The van der Waals surface area contributed by atoms with Crippen LogP contribution in [-0.2, 0) is 10.0 Å². The second-order valence-corrected chi connectivity index (χ2v) is 7.14. The lowest BCUT2D eigenvalue weighted by atomic mass is 10.2. The van der Waals surface area contributed by atoms with Crippen molar-refractivity contribution >= 4 is 33.4 Å². The highest BCUT2D eigenvalue weighted by Crippen LogP contribution is 2.22. The summed E-state index contributed by atoms with van der Waals surface area (Å²) >= 11 is 7.55. The van der Waals surface area contributed by atoms with Crippen molar-refractivity contribution in [1.82, 2.24) is 4.72 Å². The highest BCUT2D eigenvalue weighted by Gasteiger charge is 2.20. The molecule has 0 aliphatic heterocycles. The Morgan fingerprint density at radius 2 is 2.21 bits per heavy atom. The van der Waals surface area contributed by atoms with Crippen LogP contribution in [0, 0.1) is 11.3 Å². The number of benzene rings is 1. The zero-order chi connectivity index (χ0) is 14.5. The van der Waals surface area contributed by atoms with E-state index in [0.29, 0.717) is 0 Å². The Kier molecular flexibility index (Phi) is 6.14. The van der Waals surface area contributed by atoms with Crippen molar-refractivity contribution in [3.05, 3.63) is 28.8 Å². The van der Waals surface area contributed by atoms with Crippen molar-refractivity contribution in [2.75, 3.05) is 12.0 Å². The molecule has 1 N–H and O–H groups in total. The molecule has 0 saturated carbocycles. The van der Waals surface area contributed by atoms with Gasteiger partial charge in [-0.2, -0.15) is 17.0 Å². The van der Waals surface area contributed by atoms with Crippen LogP contribution in [0.4, 0.5) is 0 Å². The number of hydrogen-bond acceptors (Lipinski definition) is 4. The number of sulfonamides is 1. The van der Waals surface area contributed by atoms with E-state index < -0.39 is 10.0 Å². The Labute approximate surface area is 123 Å². The average Bonchev–Trinajstić information content (AvgIpc) is 2.36. The van der Waals surface area contributed by atoms with Crippen LogP contribution in [0.5, 0.6) is 0 Å². The summed E-state index contributed by atoms with van der Waals surface area (Å²) in [5, 5.41) is 8.92. The van der Waals surface area contributed by atoms with Crippen LogP contribution in [0.2, 0.25) is 5.02 Å². The van der Waals surface area contributed by atoms with Gasteiger partial charge in [-0.15, -0.1) is 0 Å². The van der Waals surface area contributed by atoms with E-state index in [9.17, 15) is 8.42 Å². The first-order valence-corrected chi connectivity index (χ1v) is 8.87. The molecule has 0 saturated heterocycles. The minimum Gasteiger partial charge on any atom is -0.208 e. The van der Waals surface area contributed by atoms with Gasteiger partial charge in [0.2, 0.25) is 10.0 Å². The van der Waals surface area contributed by atoms with Crippen molar-refractivity contribution in [2.24, 2.45) is 0 Å². The third kappa shape index (κ3) is 4.69. The lowest BCUT2D eigenvalue weighted by Crippen LogP contribution is -2.33. The Balaban J connectivity index is 2.97. The van der Waals surface area contributed by atoms with E-state index in [0.717, 1.165) is 12.2 Å². The van der Waals surface area contributed by atoms with E-state index in [-0.39, 0.29) is 21.5 Å². The number of nitrogens with zero attached hydrogens (tertiary/aromatic N) is 1. The number of hydrogen-bond donors (Lipinski definition) is 1. The topological polar surface area (TPSA) is 70.0 Å². The van der Waals surface area contributed by atoms with Gasteiger partial charge < -0.3 is 0 Å². The quantitative estimate of drug-likeness (QED) is 0.875. The molecule has 0 bridgehead atoms. The zero-order valence-corrected chi connectivity index (χ0v) is 13.1. The third-order valence-corrected chi connectivity index (χ3v) is 5.18. The van der Waals surface area contributed by atoms with Gasteiger partial charge in [-0.1, -0.05) is 11.6 Å². The van der Waals surface area contributed by atoms with Crippen molar-refractivity contribution in [1.29, 1.82) is 5.26 Å². The van der Waals surface area contributed by atoms with Crippen LogP contribution in [0.3, 0.4) is 0 Å². The van der Waals surface area contributed by atoms with Crippen LogP contribution >= 0.6 is 23.4 Å². The van der Waals surface area contributed by atoms with Gasteiger partial charge in [0.25, 0.3) is 0 Å². The normalized spacial score (nSPS) is 12.9. The van der Waals surface area contributed by atoms with Gasteiger partial charge in [-0.05, 0) is 43.6 Å². The van der Waals surface area contributed by atoms with Gasteiger partial charge in [-0.3, -0.25) is 0 Å². The molecule has 4 nitrogen and oxygen atoms in total. The highest BCUT2D eigenvalue weighted by atomic mass is 35.5. The van der Waals surface area contributed by atoms with Crippen molar-refractivity contribution in [3.8, 4) is 6.07 Å². The van der Waals surface area contributed by atoms with E-state index in [4.69, 9.17) is 16.9 Å². The minimum atomic E-state index is -3.70. The molecule has 0 aromatic heterocycles. The van der Waals surface area contributed by atoms with E-state index >= 15 is 0 Å². The lowest BCUT2D eigenvalue weighted by Gasteiger charge is -2.14. The van der Waals surface area contributed by atoms with Gasteiger partial charge in [-0.25, -0.2) is 13.1 Å². The number of thioether (sulfide) groups is 1. The lowest BCUT2D eigenvalue weighted by molar-refractivity contribution is 0.557. The zero-order valence-electron chi connectivity index (χ0n) is 10.7. The van der Waals surface area contributed by atoms with E-state index in [1.165, 1.54) is 18.2 Å². The molecule has 7 heteroatoms. The van der Waals surface area contributed by atoms with Crippen LogP contribution < -0.4 is 4.72 Å². The summed E-state index contributed by atoms with van der Waals surface area (Å²) in [4.78, 5) is -0.0516. The van der Waals surface area contributed by atoms with E-state index in [1.54, 1.807) is 18.7 Å². The van der Waals surface area contributed by atoms with Crippen LogP contribution in [0.15, 0.2) is 23.1 Å². The van der Waals surface area contributed by atoms with Crippen molar-refractivity contribution < 1.29 is 8.42 Å². The molecule has 1 aromatic rings. The Hall–Kier alpha value is -0.740. The molecule has 1 unspecified atom stereocenters. The molecule has 1 rings (SSSR count). The van der Waals surface area contributed by atoms with Crippen LogP contribution in [0.1, 0.15) is 18.9 Å². The van der Waals surface area contributed by atoms with E-state index in [2.05, 4.69) is 4.72 Å². The van der Waals surface area contributed by atoms with Gasteiger partial charge in [0, 0.05) is 6.04 Å². The highest BCUT2D eigenvalue weighted by molar-refractivity contribution is 7.98. The SMILES string of the molecule is CSCCC(C)NS(=O)(=O)c1cc(C#N)ccc1Cl. The molecule has 0 amide bonds. The number of rotatable bonds is 6. The second kappa shape index (κ2) is 7.15. The maximum Gasteiger partial charge on any atom is 0.242 e. The van der Waals surface area contributed by atoms with Crippen LogP contribution in [-0.4, -0.2) is 26.5 Å². The average molecular weight is 319 g/mol. The fraction of sp³-hybridized carbons (Fsp3) is 0.417. The minimum absolute atomic E-state index is 0.0516. The first-order chi connectivity index (χ1) is 8.90. The molecule has 1 aromatic carbocycles. The summed E-state index contributed by atoms with van der Waals surface area (Å²) < 4.78 is 26.9. The summed E-state index contributed by atoms with van der Waals surface area (Å²) in [6, 6.07) is 5.91. The summed E-state index contributed by atoms with van der Waals surface area (Å²) in [6.07, 6.45) is 2.70. The molecule has 1 atom stereocenters. The maximum atomic E-state index is 12.2. The molecule has 104 valence electrons. The fourth-order valence-corrected chi connectivity index (χ4v) is 3.85. The maximum absolute atomic E-state index is 12.2. The predicted octanol–water partition coefficient (Wildman–Crippen LogP) is 2.63. The van der Waals surface area contributed by atoms with Crippen molar-refractivity contribution in [3.63, 3.8) is 0 Å². The van der Waals surface area contributed by atoms with E-state index in [1.807, 2.05) is 12.3 Å². The molecule has 0 aliphatic carbocycles. The van der Waals surface area contributed by atoms with Crippen molar-refractivity contribution in [2.45, 2.75) is 24.3 Å². The largest absolute Gasteiger partial charge is 0.242 e. The molecule has 0 radical (unpaired) electrons. The molecule has 0 fully saturated rings. The second-order valence-electron chi connectivity index (χ2n) is 4.06. The molecule has 0 heterocycles. The predicted molar refractivity (Wildman–Crippen MR) is 78.9 cm³/mol. The fourth-order valence-electron chi connectivity index (χ4n) is 1.46. The molecular formula is C12H15ClN2O2S2. The summed E-state index contributed by atoms with van der Waals surface area (Å²) in [7, 11) is -3.70. The molecule has 0 spiro atoms. The summed E-state index contributed by atoms with van der Waals surface area (Å²) in [5.41, 5.74) is 0.265. The standard InChI is InChI=1S/C12H15ClN2O2S2/c1-9(5-6-18-2)15-19(16,17)12-7-10(8-14)3-4-11(12)13/h3-4,7,9,15H,5-6H2,1-2H3. The van der Waals surface area contributed by atoms with Gasteiger partial charge in [0.1, 0.15) is 4.90 Å². The smallest absolute Gasteiger partial charge is 0.208 e. The first-order valence-electron chi connectivity index (χ1n) is 5.61. The Bertz CT molecular complexity index is 582. The molecular weight excluding hydrogens is 304 g/mol. The molecule has 0 aliphatic rings.